The topological polar surface area (TPSA) is 70.9 Å². The molecule has 0 amide bonds. The second-order valence-electron chi connectivity index (χ2n) is 9.28. The quantitative estimate of drug-likeness (QED) is 0.411. The van der Waals surface area contributed by atoms with Crippen LogP contribution in [0.25, 0.3) is 16.6 Å². The molecule has 0 bridgehead atoms. The summed E-state index contributed by atoms with van der Waals surface area (Å²) >= 11 is 0. The number of esters is 1. The summed E-state index contributed by atoms with van der Waals surface area (Å²) in [4.78, 5) is 15.5. The molecule has 3 aromatic rings. The Bertz CT molecular complexity index is 1220. The molecule has 0 radical (unpaired) electrons. The minimum absolute atomic E-state index is 0.0726. The molecular weight excluding hydrogens is 460 g/mol. The first kappa shape index (κ1) is 25.9. The number of carbonyl (C=O) groups excluding carboxylic acids is 1. The van der Waals surface area contributed by atoms with E-state index in [1.807, 2.05) is 39.0 Å². The van der Waals surface area contributed by atoms with Crippen LogP contribution in [0.5, 0.6) is 17.2 Å². The maximum atomic E-state index is 13.1. The Hall–Kier alpha value is -3.23. The van der Waals surface area contributed by atoms with Crippen LogP contribution in [0.3, 0.4) is 0 Å². The number of hydrogen-bond acceptors (Lipinski definition) is 7. The van der Waals surface area contributed by atoms with Crippen molar-refractivity contribution in [1.82, 2.24) is 9.30 Å². The minimum Gasteiger partial charge on any atom is -0.493 e. The molecule has 1 saturated heterocycles. The van der Waals surface area contributed by atoms with Crippen LogP contribution in [0.1, 0.15) is 48.4 Å². The SMILES string of the molecule is COc1cc(-c2cc3cc(C(=O)OC(C)C)c(C)c(C(C)N4CCOCC4)n3c2)cc(OC)c1OC. The van der Waals surface area contributed by atoms with E-state index in [-0.39, 0.29) is 18.1 Å². The van der Waals surface area contributed by atoms with E-state index < -0.39 is 0 Å². The van der Waals surface area contributed by atoms with E-state index in [1.165, 1.54) is 0 Å². The van der Waals surface area contributed by atoms with Crippen LogP contribution in [0.15, 0.2) is 30.5 Å². The fraction of sp³-hybridized carbons (Fsp3) is 0.464. The predicted octanol–water partition coefficient (Wildman–Crippen LogP) is 4.90. The molecule has 4 rings (SSSR count). The first-order chi connectivity index (χ1) is 17.3. The largest absolute Gasteiger partial charge is 0.493 e. The van der Waals surface area contributed by atoms with Gasteiger partial charge in [0.25, 0.3) is 0 Å². The highest BCUT2D eigenvalue weighted by atomic mass is 16.5. The third-order valence-corrected chi connectivity index (χ3v) is 6.74. The number of pyridine rings is 1. The van der Waals surface area contributed by atoms with E-state index in [9.17, 15) is 4.79 Å². The van der Waals surface area contributed by atoms with Crippen LogP contribution in [-0.4, -0.2) is 69.0 Å². The molecule has 194 valence electrons. The summed E-state index contributed by atoms with van der Waals surface area (Å²) in [7, 11) is 4.80. The molecule has 1 aliphatic heterocycles. The number of hydrogen-bond donors (Lipinski definition) is 0. The zero-order chi connectivity index (χ0) is 26.0. The number of rotatable bonds is 8. The van der Waals surface area contributed by atoms with Gasteiger partial charge in [-0.15, -0.1) is 0 Å². The first-order valence-corrected chi connectivity index (χ1v) is 12.3. The molecule has 0 spiro atoms. The Labute approximate surface area is 212 Å². The van der Waals surface area contributed by atoms with Crippen molar-refractivity contribution in [2.45, 2.75) is 39.8 Å². The van der Waals surface area contributed by atoms with Gasteiger partial charge < -0.3 is 28.1 Å². The van der Waals surface area contributed by atoms with E-state index >= 15 is 0 Å². The van der Waals surface area contributed by atoms with Crippen molar-refractivity contribution in [1.29, 1.82) is 0 Å². The second kappa shape index (κ2) is 10.8. The van der Waals surface area contributed by atoms with Gasteiger partial charge >= 0.3 is 5.97 Å². The Morgan fingerprint density at radius 1 is 0.917 bits per heavy atom. The molecule has 8 heteroatoms. The molecule has 0 saturated carbocycles. The summed E-state index contributed by atoms with van der Waals surface area (Å²) < 4.78 is 30.0. The van der Waals surface area contributed by atoms with Gasteiger partial charge in [-0.1, -0.05) is 0 Å². The summed E-state index contributed by atoms with van der Waals surface area (Å²) in [5.41, 5.74) is 5.36. The Morgan fingerprint density at radius 2 is 1.56 bits per heavy atom. The van der Waals surface area contributed by atoms with E-state index in [0.29, 0.717) is 36.0 Å². The first-order valence-electron chi connectivity index (χ1n) is 12.3. The summed E-state index contributed by atoms with van der Waals surface area (Å²) in [5.74, 6) is 1.41. The van der Waals surface area contributed by atoms with Crippen LogP contribution in [-0.2, 0) is 9.47 Å². The second-order valence-corrected chi connectivity index (χ2v) is 9.28. The molecule has 36 heavy (non-hydrogen) atoms. The van der Waals surface area contributed by atoms with Crippen molar-refractivity contribution in [3.05, 3.63) is 47.3 Å². The molecule has 8 nitrogen and oxygen atoms in total. The molecule has 1 fully saturated rings. The van der Waals surface area contributed by atoms with Gasteiger partial charge in [0.1, 0.15) is 0 Å². The predicted molar refractivity (Wildman–Crippen MR) is 139 cm³/mol. The lowest BCUT2D eigenvalue weighted by Crippen LogP contribution is -2.39. The number of carbonyl (C=O) groups is 1. The zero-order valence-electron chi connectivity index (χ0n) is 22.2. The molecule has 0 N–H and O–H groups in total. The minimum atomic E-state index is -0.309. The van der Waals surface area contributed by atoms with Crippen LogP contribution < -0.4 is 14.2 Å². The van der Waals surface area contributed by atoms with Gasteiger partial charge in [-0.25, -0.2) is 4.79 Å². The van der Waals surface area contributed by atoms with Crippen LogP contribution >= 0.6 is 0 Å². The van der Waals surface area contributed by atoms with Crippen molar-refractivity contribution in [3.8, 4) is 28.4 Å². The number of morpholine rings is 1. The summed E-state index contributed by atoms with van der Waals surface area (Å²) in [6.45, 7) is 11.0. The third-order valence-electron chi connectivity index (χ3n) is 6.74. The van der Waals surface area contributed by atoms with Gasteiger partial charge in [0.2, 0.25) is 5.75 Å². The number of nitrogens with zero attached hydrogens (tertiary/aromatic N) is 2. The lowest BCUT2D eigenvalue weighted by Gasteiger charge is -2.34. The molecule has 1 atom stereocenters. The van der Waals surface area contributed by atoms with Gasteiger partial charge in [-0.05, 0) is 63.1 Å². The molecular formula is C28H36N2O6. The maximum Gasteiger partial charge on any atom is 0.338 e. The van der Waals surface area contributed by atoms with Crippen molar-refractivity contribution < 1.29 is 28.5 Å². The van der Waals surface area contributed by atoms with Gasteiger partial charge in [0.15, 0.2) is 11.5 Å². The highest BCUT2D eigenvalue weighted by molar-refractivity contribution is 5.93. The number of benzene rings is 1. The van der Waals surface area contributed by atoms with E-state index in [2.05, 4.69) is 28.5 Å². The maximum absolute atomic E-state index is 13.1. The van der Waals surface area contributed by atoms with E-state index in [0.717, 1.165) is 41.0 Å². The van der Waals surface area contributed by atoms with Gasteiger partial charge in [0.05, 0.1) is 46.2 Å². The highest BCUT2D eigenvalue weighted by Gasteiger charge is 2.26. The van der Waals surface area contributed by atoms with Gasteiger partial charge in [-0.3, -0.25) is 4.90 Å². The standard InChI is InChI=1S/C28H36N2O6/c1-17(2)36-28(31)23-15-22-12-21(20-13-24(32-5)27(34-7)25(14-20)33-6)16-30(22)26(18(23)3)19(4)29-8-10-35-11-9-29/h12-17,19H,8-11H2,1-7H3. The fourth-order valence-electron chi connectivity index (χ4n) is 4.92. The normalized spacial score (nSPS) is 15.2. The Kier molecular flexibility index (Phi) is 7.76. The smallest absolute Gasteiger partial charge is 0.338 e. The lowest BCUT2D eigenvalue weighted by atomic mass is 10.0. The molecule has 1 aliphatic rings. The van der Waals surface area contributed by atoms with Gasteiger partial charge in [0, 0.05) is 42.1 Å². The van der Waals surface area contributed by atoms with Crippen molar-refractivity contribution in [2.24, 2.45) is 0 Å². The number of aromatic nitrogens is 1. The third kappa shape index (κ3) is 4.88. The summed E-state index contributed by atoms with van der Waals surface area (Å²) in [5, 5.41) is 0. The van der Waals surface area contributed by atoms with Crippen molar-refractivity contribution >= 4 is 11.5 Å². The number of methoxy groups -OCH3 is 3. The Morgan fingerprint density at radius 3 is 2.11 bits per heavy atom. The molecule has 0 aliphatic carbocycles. The fourth-order valence-corrected chi connectivity index (χ4v) is 4.92. The van der Waals surface area contributed by atoms with Crippen molar-refractivity contribution in [3.63, 3.8) is 0 Å². The molecule has 1 unspecified atom stereocenters. The Balaban J connectivity index is 1.91. The molecule has 1 aromatic carbocycles. The van der Waals surface area contributed by atoms with Crippen LogP contribution in [0.4, 0.5) is 0 Å². The lowest BCUT2D eigenvalue weighted by molar-refractivity contribution is 0.0186. The van der Waals surface area contributed by atoms with Crippen LogP contribution in [0, 0.1) is 6.92 Å². The van der Waals surface area contributed by atoms with Gasteiger partial charge in [-0.2, -0.15) is 0 Å². The monoisotopic (exact) mass is 496 g/mol. The van der Waals surface area contributed by atoms with E-state index in [1.54, 1.807) is 21.3 Å². The summed E-state index contributed by atoms with van der Waals surface area (Å²) in [6, 6.07) is 7.92. The average molecular weight is 497 g/mol. The molecule has 2 aromatic heterocycles. The average Bonchev–Trinajstić information content (AvgIpc) is 3.30. The number of fused-ring (bicyclic) bond motifs is 1. The highest BCUT2D eigenvalue weighted by Crippen LogP contribution is 2.42. The number of ether oxygens (including phenoxy) is 5. The zero-order valence-corrected chi connectivity index (χ0v) is 22.2. The van der Waals surface area contributed by atoms with E-state index in [4.69, 9.17) is 23.7 Å². The van der Waals surface area contributed by atoms with Crippen molar-refractivity contribution in [2.75, 3.05) is 47.6 Å². The van der Waals surface area contributed by atoms with Crippen LogP contribution in [0.2, 0.25) is 0 Å². The summed E-state index contributed by atoms with van der Waals surface area (Å²) in [6.07, 6.45) is 1.90. The molecule has 3 heterocycles.